The van der Waals surface area contributed by atoms with Crippen molar-refractivity contribution < 1.29 is 28.6 Å². The number of anilines is 1. The molecule has 0 aromatic heterocycles. The summed E-state index contributed by atoms with van der Waals surface area (Å²) in [7, 11) is 0. The highest BCUT2D eigenvalue weighted by Crippen LogP contribution is 2.28. The van der Waals surface area contributed by atoms with Gasteiger partial charge in [-0.1, -0.05) is 6.92 Å². The molecule has 0 saturated heterocycles. The molecule has 0 aliphatic heterocycles. The van der Waals surface area contributed by atoms with Crippen LogP contribution in [0.1, 0.15) is 43.1 Å². The fourth-order valence-corrected chi connectivity index (χ4v) is 2.51. The van der Waals surface area contributed by atoms with Gasteiger partial charge in [0.1, 0.15) is 0 Å². The van der Waals surface area contributed by atoms with E-state index in [2.05, 4.69) is 15.8 Å². The van der Waals surface area contributed by atoms with Crippen LogP contribution in [-0.2, 0) is 14.3 Å². The first-order chi connectivity index (χ1) is 15.5. The normalized spacial score (nSPS) is 10.5. The van der Waals surface area contributed by atoms with E-state index in [-0.39, 0.29) is 6.61 Å². The summed E-state index contributed by atoms with van der Waals surface area (Å²) in [6.45, 7) is 6.90. The summed E-state index contributed by atoms with van der Waals surface area (Å²) in [6.07, 6.45) is 2.27. The molecular weight excluding hydrogens is 414 g/mol. The number of benzene rings is 2. The Morgan fingerprint density at radius 3 is 2.31 bits per heavy atom. The molecule has 0 atom stereocenters. The summed E-state index contributed by atoms with van der Waals surface area (Å²) in [5, 5.41) is 6.24. The molecule has 0 spiro atoms. The fraction of sp³-hybridized carbons (Fsp3) is 0.304. The number of nitrogens with one attached hydrogen (secondary N) is 2. The van der Waals surface area contributed by atoms with Crippen molar-refractivity contribution in [3.8, 4) is 11.5 Å². The molecular formula is C23H27N3O6. The van der Waals surface area contributed by atoms with Crippen LogP contribution in [0.3, 0.4) is 0 Å². The average molecular weight is 441 g/mol. The molecule has 0 fully saturated rings. The van der Waals surface area contributed by atoms with Crippen molar-refractivity contribution in [1.29, 1.82) is 0 Å². The first-order valence-electron chi connectivity index (χ1n) is 10.3. The minimum absolute atomic E-state index is 0.266. The highest BCUT2D eigenvalue weighted by Gasteiger charge is 2.14. The zero-order valence-corrected chi connectivity index (χ0v) is 18.3. The van der Waals surface area contributed by atoms with Crippen LogP contribution in [0.25, 0.3) is 0 Å². The number of amides is 2. The second-order valence-corrected chi connectivity index (χ2v) is 6.44. The van der Waals surface area contributed by atoms with Crippen LogP contribution in [0.15, 0.2) is 47.6 Å². The molecule has 2 aromatic carbocycles. The molecule has 2 N–H and O–H groups in total. The summed E-state index contributed by atoms with van der Waals surface area (Å²) in [5.74, 6) is -1.11. The maximum Gasteiger partial charge on any atom is 0.338 e. The number of hydrogen-bond acceptors (Lipinski definition) is 7. The van der Waals surface area contributed by atoms with E-state index in [1.165, 1.54) is 30.5 Å². The number of esters is 1. The van der Waals surface area contributed by atoms with Gasteiger partial charge in [-0.2, -0.15) is 5.10 Å². The van der Waals surface area contributed by atoms with Gasteiger partial charge in [0, 0.05) is 5.69 Å². The van der Waals surface area contributed by atoms with Crippen LogP contribution in [0.2, 0.25) is 0 Å². The van der Waals surface area contributed by atoms with Crippen LogP contribution >= 0.6 is 0 Å². The maximum absolute atomic E-state index is 12.0. The van der Waals surface area contributed by atoms with E-state index < -0.39 is 17.8 Å². The van der Waals surface area contributed by atoms with Crippen LogP contribution in [0, 0.1) is 0 Å². The number of hydrazone groups is 1. The second kappa shape index (κ2) is 12.7. The SMILES string of the molecule is CCCOc1ccc(C=NNC(=O)C(=O)Nc2ccc(C(=O)OCC)cc2)cc1OCC. The van der Waals surface area contributed by atoms with Crippen molar-refractivity contribution in [2.75, 3.05) is 25.1 Å². The molecule has 0 heterocycles. The van der Waals surface area contributed by atoms with Crippen molar-refractivity contribution in [2.45, 2.75) is 27.2 Å². The summed E-state index contributed by atoms with van der Waals surface area (Å²) < 4.78 is 16.1. The summed E-state index contributed by atoms with van der Waals surface area (Å²) in [5.41, 5.74) is 3.53. The molecule has 0 radical (unpaired) electrons. The lowest BCUT2D eigenvalue weighted by molar-refractivity contribution is -0.136. The Balaban J connectivity index is 1.93. The standard InChI is InChI=1S/C23H27N3O6/c1-4-13-32-19-12-7-16(14-20(19)30-5-2)15-24-26-22(28)21(27)25-18-10-8-17(9-11-18)23(29)31-6-3/h7-12,14-15H,4-6,13H2,1-3H3,(H,25,27)(H,26,28). The zero-order chi connectivity index (χ0) is 23.3. The van der Waals surface area contributed by atoms with Gasteiger partial charge >= 0.3 is 17.8 Å². The average Bonchev–Trinajstić information content (AvgIpc) is 2.79. The van der Waals surface area contributed by atoms with Crippen molar-refractivity contribution >= 4 is 29.7 Å². The first kappa shape index (κ1) is 24.4. The molecule has 2 rings (SSSR count). The van der Waals surface area contributed by atoms with Gasteiger partial charge in [0.2, 0.25) is 0 Å². The Morgan fingerprint density at radius 2 is 1.66 bits per heavy atom. The van der Waals surface area contributed by atoms with Gasteiger partial charge in [-0.3, -0.25) is 9.59 Å². The van der Waals surface area contributed by atoms with Gasteiger partial charge in [-0.15, -0.1) is 0 Å². The Bertz CT molecular complexity index is 957. The van der Waals surface area contributed by atoms with E-state index in [0.717, 1.165) is 6.42 Å². The monoisotopic (exact) mass is 441 g/mol. The van der Waals surface area contributed by atoms with Gasteiger partial charge in [-0.05, 0) is 68.3 Å². The van der Waals surface area contributed by atoms with Gasteiger partial charge in [0.25, 0.3) is 0 Å². The molecule has 2 aromatic rings. The first-order valence-corrected chi connectivity index (χ1v) is 10.3. The molecule has 0 bridgehead atoms. The fourth-order valence-electron chi connectivity index (χ4n) is 2.51. The van der Waals surface area contributed by atoms with Crippen LogP contribution < -0.4 is 20.2 Å². The lowest BCUT2D eigenvalue weighted by atomic mass is 10.2. The molecule has 32 heavy (non-hydrogen) atoms. The highest BCUT2D eigenvalue weighted by molar-refractivity contribution is 6.39. The quantitative estimate of drug-likeness (QED) is 0.253. The number of carbonyl (C=O) groups is 3. The number of rotatable bonds is 10. The number of ether oxygens (including phenoxy) is 3. The minimum Gasteiger partial charge on any atom is -0.490 e. The highest BCUT2D eigenvalue weighted by atomic mass is 16.5. The molecule has 170 valence electrons. The smallest absolute Gasteiger partial charge is 0.338 e. The zero-order valence-electron chi connectivity index (χ0n) is 18.3. The number of hydrogen-bond donors (Lipinski definition) is 2. The van der Waals surface area contributed by atoms with E-state index in [1.807, 2.05) is 13.8 Å². The molecule has 0 aliphatic carbocycles. The Morgan fingerprint density at radius 1 is 0.906 bits per heavy atom. The molecule has 0 saturated carbocycles. The molecule has 9 heteroatoms. The molecule has 0 aliphatic rings. The van der Waals surface area contributed by atoms with Gasteiger partial charge < -0.3 is 19.5 Å². The summed E-state index contributed by atoms with van der Waals surface area (Å²) in [6, 6.07) is 11.2. The van der Waals surface area contributed by atoms with Crippen molar-refractivity contribution in [2.24, 2.45) is 5.10 Å². The number of nitrogens with zero attached hydrogens (tertiary/aromatic N) is 1. The predicted molar refractivity (Wildman–Crippen MR) is 120 cm³/mol. The van der Waals surface area contributed by atoms with Crippen molar-refractivity contribution in [1.82, 2.24) is 5.43 Å². The molecule has 9 nitrogen and oxygen atoms in total. The van der Waals surface area contributed by atoms with Crippen LogP contribution in [0.4, 0.5) is 5.69 Å². The van der Waals surface area contributed by atoms with Gasteiger partial charge in [-0.25, -0.2) is 10.2 Å². The topological polar surface area (TPSA) is 115 Å². The Hall–Kier alpha value is -3.88. The Labute approximate surface area is 186 Å². The number of carbonyl (C=O) groups excluding carboxylic acids is 3. The lowest BCUT2D eigenvalue weighted by Crippen LogP contribution is -2.32. The van der Waals surface area contributed by atoms with E-state index in [4.69, 9.17) is 14.2 Å². The van der Waals surface area contributed by atoms with Gasteiger partial charge in [0.05, 0.1) is 31.6 Å². The predicted octanol–water partition coefficient (Wildman–Crippen LogP) is 3.14. The Kier molecular flexibility index (Phi) is 9.70. The third-order valence-corrected chi connectivity index (χ3v) is 3.97. The summed E-state index contributed by atoms with van der Waals surface area (Å²) in [4.78, 5) is 35.7. The third kappa shape index (κ3) is 7.42. The third-order valence-electron chi connectivity index (χ3n) is 3.97. The van der Waals surface area contributed by atoms with E-state index in [1.54, 1.807) is 25.1 Å². The second-order valence-electron chi connectivity index (χ2n) is 6.44. The largest absolute Gasteiger partial charge is 0.490 e. The molecule has 0 unspecified atom stereocenters. The van der Waals surface area contributed by atoms with E-state index >= 15 is 0 Å². The lowest BCUT2D eigenvalue weighted by Gasteiger charge is -2.11. The van der Waals surface area contributed by atoms with Gasteiger partial charge in [0.15, 0.2) is 11.5 Å². The summed E-state index contributed by atoms with van der Waals surface area (Å²) >= 11 is 0. The van der Waals surface area contributed by atoms with Crippen molar-refractivity contribution in [3.63, 3.8) is 0 Å². The van der Waals surface area contributed by atoms with E-state index in [0.29, 0.717) is 41.5 Å². The van der Waals surface area contributed by atoms with E-state index in [9.17, 15) is 14.4 Å². The van der Waals surface area contributed by atoms with Crippen LogP contribution in [-0.4, -0.2) is 43.8 Å². The molecule has 2 amide bonds. The minimum atomic E-state index is -0.941. The van der Waals surface area contributed by atoms with Crippen LogP contribution in [0.5, 0.6) is 11.5 Å². The van der Waals surface area contributed by atoms with Crippen molar-refractivity contribution in [3.05, 3.63) is 53.6 Å². The maximum atomic E-state index is 12.0.